The molecule has 0 radical (unpaired) electrons. The number of nitrogens with zero attached hydrogens (tertiary/aromatic N) is 1. The maximum atomic E-state index is 12.7. The number of furan rings is 2. The van der Waals surface area contributed by atoms with E-state index in [1.54, 1.807) is 36.5 Å². The molecule has 2 heterocycles. The van der Waals surface area contributed by atoms with Gasteiger partial charge in [-0.1, -0.05) is 13.3 Å². The lowest BCUT2D eigenvalue weighted by Crippen LogP contribution is -2.52. The number of carbonyl (C=O) groups is 1. The average Bonchev–Trinajstić information content (AvgIpc) is 3.10. The first-order chi connectivity index (χ1) is 10.0. The van der Waals surface area contributed by atoms with Crippen LogP contribution in [0.5, 0.6) is 0 Å². The van der Waals surface area contributed by atoms with Gasteiger partial charge in [-0.3, -0.25) is 4.79 Å². The Kier molecular flexibility index (Phi) is 4.85. The van der Waals surface area contributed by atoms with Crippen LogP contribution in [0.25, 0.3) is 0 Å². The molecule has 5 heteroatoms. The summed E-state index contributed by atoms with van der Waals surface area (Å²) in [7, 11) is 0. The molecule has 0 aromatic carbocycles. The van der Waals surface area contributed by atoms with Crippen molar-refractivity contribution in [2.45, 2.75) is 45.3 Å². The summed E-state index contributed by atoms with van der Waals surface area (Å²) in [5.74, 6) is 1.35. The van der Waals surface area contributed by atoms with Gasteiger partial charge < -0.3 is 19.5 Å². The number of nitrogens with two attached hydrogens (primary N) is 1. The third-order valence-electron chi connectivity index (χ3n) is 3.40. The van der Waals surface area contributed by atoms with Crippen molar-refractivity contribution in [1.82, 2.24) is 4.90 Å². The van der Waals surface area contributed by atoms with Crippen LogP contribution in [0.2, 0.25) is 0 Å². The van der Waals surface area contributed by atoms with Gasteiger partial charge in [0.1, 0.15) is 11.5 Å². The second-order valence-electron chi connectivity index (χ2n) is 5.49. The Hall–Kier alpha value is -2.01. The molecular formula is C16H22N2O3. The highest BCUT2D eigenvalue weighted by Crippen LogP contribution is 2.18. The average molecular weight is 290 g/mol. The molecule has 0 fully saturated rings. The van der Waals surface area contributed by atoms with Crippen LogP contribution in [0.3, 0.4) is 0 Å². The van der Waals surface area contributed by atoms with Crippen molar-refractivity contribution < 1.29 is 13.6 Å². The van der Waals surface area contributed by atoms with Crippen molar-refractivity contribution in [3.05, 3.63) is 48.3 Å². The van der Waals surface area contributed by atoms with Gasteiger partial charge in [0.2, 0.25) is 5.91 Å². The highest BCUT2D eigenvalue weighted by molar-refractivity contribution is 5.85. The molecule has 0 saturated heterocycles. The third-order valence-corrected chi connectivity index (χ3v) is 3.40. The summed E-state index contributed by atoms with van der Waals surface area (Å²) in [6, 6.07) is 7.29. The van der Waals surface area contributed by atoms with Gasteiger partial charge in [0, 0.05) is 0 Å². The van der Waals surface area contributed by atoms with Gasteiger partial charge in [-0.05, 0) is 37.6 Å². The van der Waals surface area contributed by atoms with E-state index in [9.17, 15) is 4.79 Å². The molecule has 0 bridgehead atoms. The summed E-state index contributed by atoms with van der Waals surface area (Å²) >= 11 is 0. The fraction of sp³-hybridized carbons (Fsp3) is 0.438. The van der Waals surface area contributed by atoms with E-state index in [4.69, 9.17) is 14.6 Å². The first-order valence-electron chi connectivity index (χ1n) is 7.16. The second-order valence-corrected chi connectivity index (χ2v) is 5.49. The molecule has 1 amide bonds. The SMILES string of the molecule is CCCC(C)(N)C(=O)N(Cc1ccco1)Cc1ccco1. The van der Waals surface area contributed by atoms with Crippen molar-refractivity contribution >= 4 is 5.91 Å². The van der Waals surface area contributed by atoms with Crippen LogP contribution in [0.15, 0.2) is 45.6 Å². The van der Waals surface area contributed by atoms with Gasteiger partial charge in [0.15, 0.2) is 0 Å². The molecule has 0 spiro atoms. The summed E-state index contributed by atoms with van der Waals surface area (Å²) < 4.78 is 10.7. The van der Waals surface area contributed by atoms with Gasteiger partial charge >= 0.3 is 0 Å². The molecule has 5 nitrogen and oxygen atoms in total. The van der Waals surface area contributed by atoms with Gasteiger partial charge in [-0.25, -0.2) is 0 Å². The molecule has 0 aliphatic rings. The maximum Gasteiger partial charge on any atom is 0.243 e. The van der Waals surface area contributed by atoms with Crippen LogP contribution in [0.1, 0.15) is 38.2 Å². The molecule has 2 rings (SSSR count). The maximum absolute atomic E-state index is 12.7. The lowest BCUT2D eigenvalue weighted by atomic mass is 9.95. The van der Waals surface area contributed by atoms with Crippen molar-refractivity contribution in [3.8, 4) is 0 Å². The van der Waals surface area contributed by atoms with Crippen molar-refractivity contribution in [2.24, 2.45) is 5.73 Å². The van der Waals surface area contributed by atoms with Crippen LogP contribution in [0.4, 0.5) is 0 Å². The summed E-state index contributed by atoms with van der Waals surface area (Å²) in [5.41, 5.74) is 5.30. The van der Waals surface area contributed by atoms with E-state index in [2.05, 4.69) is 0 Å². The number of hydrogen-bond donors (Lipinski definition) is 1. The first-order valence-corrected chi connectivity index (χ1v) is 7.16. The fourth-order valence-corrected chi connectivity index (χ4v) is 2.37. The quantitative estimate of drug-likeness (QED) is 0.851. The normalized spacial score (nSPS) is 13.9. The van der Waals surface area contributed by atoms with Gasteiger partial charge in [0.05, 0.1) is 31.2 Å². The van der Waals surface area contributed by atoms with Crippen LogP contribution in [0, 0.1) is 0 Å². The minimum atomic E-state index is -0.881. The highest BCUT2D eigenvalue weighted by Gasteiger charge is 2.32. The van der Waals surface area contributed by atoms with E-state index < -0.39 is 5.54 Å². The standard InChI is InChI=1S/C16H22N2O3/c1-3-8-16(2,17)15(19)18(11-13-6-4-9-20-13)12-14-7-5-10-21-14/h4-7,9-10H,3,8,11-12,17H2,1-2H3. The van der Waals surface area contributed by atoms with Crippen LogP contribution in [-0.2, 0) is 17.9 Å². The lowest BCUT2D eigenvalue weighted by Gasteiger charge is -2.30. The molecule has 0 aliphatic heterocycles. The Bertz CT molecular complexity index is 508. The van der Waals surface area contributed by atoms with Crippen molar-refractivity contribution in [1.29, 1.82) is 0 Å². The largest absolute Gasteiger partial charge is 0.467 e. The van der Waals surface area contributed by atoms with Crippen LogP contribution < -0.4 is 5.73 Å². The van der Waals surface area contributed by atoms with Gasteiger partial charge in [0.25, 0.3) is 0 Å². The van der Waals surface area contributed by atoms with E-state index in [1.165, 1.54) is 0 Å². The third kappa shape index (κ3) is 3.98. The summed E-state index contributed by atoms with van der Waals surface area (Å²) in [4.78, 5) is 14.4. The van der Waals surface area contributed by atoms with Crippen molar-refractivity contribution in [2.75, 3.05) is 0 Å². The minimum Gasteiger partial charge on any atom is -0.467 e. The van der Waals surface area contributed by atoms with E-state index in [0.717, 1.165) is 17.9 Å². The summed E-state index contributed by atoms with van der Waals surface area (Å²) in [5, 5.41) is 0. The first kappa shape index (κ1) is 15.4. The molecule has 2 N–H and O–H groups in total. The smallest absolute Gasteiger partial charge is 0.243 e. The van der Waals surface area contributed by atoms with E-state index in [0.29, 0.717) is 19.5 Å². The predicted octanol–water partition coefficient (Wildman–Crippen LogP) is 2.92. The lowest BCUT2D eigenvalue weighted by molar-refractivity contribution is -0.138. The van der Waals surface area contributed by atoms with Crippen LogP contribution in [-0.4, -0.2) is 16.3 Å². The van der Waals surface area contributed by atoms with Crippen LogP contribution >= 0.6 is 0 Å². The Labute approximate surface area is 124 Å². The predicted molar refractivity (Wildman–Crippen MR) is 79.2 cm³/mol. The number of amides is 1. The number of carbonyl (C=O) groups excluding carboxylic acids is 1. The topological polar surface area (TPSA) is 72.6 Å². The molecule has 0 saturated carbocycles. The molecule has 21 heavy (non-hydrogen) atoms. The Balaban J connectivity index is 2.16. The fourth-order valence-electron chi connectivity index (χ4n) is 2.37. The Morgan fingerprint density at radius 1 is 1.19 bits per heavy atom. The molecule has 1 atom stereocenters. The Morgan fingerprint density at radius 3 is 2.10 bits per heavy atom. The number of rotatable bonds is 7. The van der Waals surface area contributed by atoms with E-state index >= 15 is 0 Å². The molecular weight excluding hydrogens is 268 g/mol. The van der Waals surface area contributed by atoms with Gasteiger partial charge in [-0.15, -0.1) is 0 Å². The zero-order valence-electron chi connectivity index (χ0n) is 12.5. The van der Waals surface area contributed by atoms with Gasteiger partial charge in [-0.2, -0.15) is 0 Å². The molecule has 114 valence electrons. The zero-order chi connectivity index (χ0) is 15.3. The summed E-state index contributed by atoms with van der Waals surface area (Å²) in [6.45, 7) is 4.55. The van der Waals surface area contributed by atoms with Crippen molar-refractivity contribution in [3.63, 3.8) is 0 Å². The highest BCUT2D eigenvalue weighted by atomic mass is 16.3. The second kappa shape index (κ2) is 6.63. The summed E-state index contributed by atoms with van der Waals surface area (Å²) in [6.07, 6.45) is 4.68. The van der Waals surface area contributed by atoms with E-state index in [1.807, 2.05) is 19.1 Å². The van der Waals surface area contributed by atoms with E-state index in [-0.39, 0.29) is 5.91 Å². The Morgan fingerprint density at radius 2 is 1.71 bits per heavy atom. The monoisotopic (exact) mass is 290 g/mol. The molecule has 0 aliphatic carbocycles. The number of hydrogen-bond acceptors (Lipinski definition) is 4. The molecule has 2 aromatic heterocycles. The zero-order valence-corrected chi connectivity index (χ0v) is 12.5. The minimum absolute atomic E-state index is 0.0999. The molecule has 2 aromatic rings. The molecule has 1 unspecified atom stereocenters.